The molecule has 1 N–H and O–H groups in total. The van der Waals surface area contributed by atoms with Gasteiger partial charge in [-0.1, -0.05) is 18.5 Å². The maximum Gasteiger partial charge on any atom is 0.149 e. The third kappa shape index (κ3) is 2.93. The first-order valence-electron chi connectivity index (χ1n) is 6.49. The van der Waals surface area contributed by atoms with E-state index in [-0.39, 0.29) is 5.69 Å². The van der Waals surface area contributed by atoms with Crippen LogP contribution in [-0.2, 0) is 19.5 Å². The van der Waals surface area contributed by atoms with Crippen molar-refractivity contribution >= 4 is 17.3 Å². The molecule has 0 saturated heterocycles. The number of benzene rings is 1. The van der Waals surface area contributed by atoms with Crippen LogP contribution < -0.4 is 5.32 Å². The molecule has 0 aliphatic carbocycles. The molecule has 1 aromatic carbocycles. The Morgan fingerprint density at radius 2 is 2.05 bits per heavy atom. The van der Waals surface area contributed by atoms with E-state index in [1.165, 1.54) is 12.1 Å². The quantitative estimate of drug-likeness (QED) is 0.904. The minimum Gasteiger partial charge on any atom is -0.377 e. The number of hydrogen-bond acceptors (Lipinski definition) is 2. The van der Waals surface area contributed by atoms with Crippen molar-refractivity contribution in [3.05, 3.63) is 46.2 Å². The van der Waals surface area contributed by atoms with Gasteiger partial charge in [-0.25, -0.2) is 8.78 Å². The molecule has 108 valence electrons. The first kappa shape index (κ1) is 14.8. The fraction of sp³-hybridized carbons (Fsp3) is 0.357. The highest BCUT2D eigenvalue weighted by atomic mass is 35.5. The average Bonchev–Trinajstić information content (AvgIpc) is 2.74. The number of halogens is 3. The molecule has 0 atom stereocenters. The van der Waals surface area contributed by atoms with E-state index >= 15 is 0 Å². The zero-order valence-corrected chi connectivity index (χ0v) is 12.1. The Bertz CT molecular complexity index is 611. The van der Waals surface area contributed by atoms with Crippen LogP contribution in [0.25, 0.3) is 0 Å². The second kappa shape index (κ2) is 6.22. The monoisotopic (exact) mass is 299 g/mol. The predicted molar refractivity (Wildman–Crippen MR) is 76.0 cm³/mol. The zero-order valence-electron chi connectivity index (χ0n) is 11.4. The average molecular weight is 300 g/mol. The van der Waals surface area contributed by atoms with Crippen molar-refractivity contribution in [3.63, 3.8) is 0 Å². The molecule has 0 fully saturated rings. The number of rotatable bonds is 5. The molecule has 3 nitrogen and oxygen atoms in total. The maximum absolute atomic E-state index is 13.5. The molecule has 0 spiro atoms. The standard InChI is InChI=1S/C14H16ClF2N3/c1-3-11-14(15)13(20(4-2)19-11)8-18-12-6-5-9(16)7-10(12)17/h5-7,18H,3-4,8H2,1-2H3. The number of nitrogens with one attached hydrogen (secondary N) is 1. The smallest absolute Gasteiger partial charge is 0.149 e. The van der Waals surface area contributed by atoms with Crippen LogP contribution in [-0.4, -0.2) is 9.78 Å². The summed E-state index contributed by atoms with van der Waals surface area (Å²) in [5, 5.41) is 7.91. The van der Waals surface area contributed by atoms with Crippen molar-refractivity contribution in [2.45, 2.75) is 33.4 Å². The predicted octanol–water partition coefficient (Wildman–Crippen LogP) is 4.01. The minimum atomic E-state index is -0.626. The van der Waals surface area contributed by atoms with Crippen molar-refractivity contribution in [2.75, 3.05) is 5.32 Å². The lowest BCUT2D eigenvalue weighted by atomic mass is 10.2. The Balaban J connectivity index is 2.20. The lowest BCUT2D eigenvalue weighted by Crippen LogP contribution is -2.09. The first-order chi connectivity index (χ1) is 9.56. The molecule has 20 heavy (non-hydrogen) atoms. The molecule has 6 heteroatoms. The molecule has 0 aliphatic rings. The lowest BCUT2D eigenvalue weighted by Gasteiger charge is -2.09. The summed E-state index contributed by atoms with van der Waals surface area (Å²) in [7, 11) is 0. The summed E-state index contributed by atoms with van der Waals surface area (Å²) >= 11 is 6.26. The molecule has 0 unspecified atom stereocenters. The van der Waals surface area contributed by atoms with Crippen LogP contribution in [0.4, 0.5) is 14.5 Å². The van der Waals surface area contributed by atoms with Gasteiger partial charge in [-0.15, -0.1) is 0 Å². The number of aromatic nitrogens is 2. The van der Waals surface area contributed by atoms with Gasteiger partial charge in [0.25, 0.3) is 0 Å². The molecule has 1 heterocycles. The highest BCUT2D eigenvalue weighted by molar-refractivity contribution is 6.31. The molecular weight excluding hydrogens is 284 g/mol. The Hall–Kier alpha value is -1.62. The Morgan fingerprint density at radius 3 is 2.65 bits per heavy atom. The molecule has 2 aromatic rings. The maximum atomic E-state index is 13.5. The third-order valence-electron chi connectivity index (χ3n) is 3.07. The molecule has 0 bridgehead atoms. The van der Waals surface area contributed by atoms with Crippen molar-refractivity contribution < 1.29 is 8.78 Å². The van der Waals surface area contributed by atoms with E-state index in [1.54, 1.807) is 4.68 Å². The van der Waals surface area contributed by atoms with Gasteiger partial charge in [0.1, 0.15) is 11.6 Å². The van der Waals surface area contributed by atoms with Crippen molar-refractivity contribution in [1.29, 1.82) is 0 Å². The van der Waals surface area contributed by atoms with Crippen LogP contribution in [0.3, 0.4) is 0 Å². The van der Waals surface area contributed by atoms with E-state index in [0.717, 1.165) is 23.9 Å². The van der Waals surface area contributed by atoms with E-state index in [4.69, 9.17) is 11.6 Å². The molecule has 2 rings (SSSR count). The van der Waals surface area contributed by atoms with Crippen molar-refractivity contribution in [2.24, 2.45) is 0 Å². The Morgan fingerprint density at radius 1 is 1.30 bits per heavy atom. The second-order valence-corrected chi connectivity index (χ2v) is 4.73. The first-order valence-corrected chi connectivity index (χ1v) is 6.87. The Kier molecular flexibility index (Phi) is 4.60. The molecular formula is C14H16ClF2N3. The van der Waals surface area contributed by atoms with Gasteiger partial charge in [-0.05, 0) is 25.5 Å². The fourth-order valence-corrected chi connectivity index (χ4v) is 2.33. The van der Waals surface area contributed by atoms with E-state index in [1.807, 2.05) is 13.8 Å². The highest BCUT2D eigenvalue weighted by Crippen LogP contribution is 2.23. The number of hydrogen-bond donors (Lipinski definition) is 1. The van der Waals surface area contributed by atoms with Crippen LogP contribution in [0.2, 0.25) is 5.02 Å². The van der Waals surface area contributed by atoms with E-state index in [2.05, 4.69) is 10.4 Å². The van der Waals surface area contributed by atoms with Gasteiger partial charge in [0.15, 0.2) is 0 Å². The molecule has 0 radical (unpaired) electrons. The van der Waals surface area contributed by atoms with E-state index in [9.17, 15) is 8.78 Å². The molecule has 1 aromatic heterocycles. The SMILES string of the molecule is CCc1nn(CC)c(CNc2ccc(F)cc2F)c1Cl. The van der Waals surface area contributed by atoms with Crippen LogP contribution in [0.5, 0.6) is 0 Å². The van der Waals surface area contributed by atoms with E-state index < -0.39 is 11.6 Å². The zero-order chi connectivity index (χ0) is 14.7. The lowest BCUT2D eigenvalue weighted by molar-refractivity contribution is 0.583. The van der Waals surface area contributed by atoms with Crippen LogP contribution in [0.1, 0.15) is 25.2 Å². The topological polar surface area (TPSA) is 29.9 Å². The number of nitrogens with zero attached hydrogens (tertiary/aromatic N) is 2. The van der Waals surface area contributed by atoms with Crippen LogP contribution in [0.15, 0.2) is 18.2 Å². The number of aryl methyl sites for hydroxylation is 2. The van der Waals surface area contributed by atoms with Crippen molar-refractivity contribution in [1.82, 2.24) is 9.78 Å². The highest BCUT2D eigenvalue weighted by Gasteiger charge is 2.14. The minimum absolute atomic E-state index is 0.240. The summed E-state index contributed by atoms with van der Waals surface area (Å²) in [6, 6.07) is 3.42. The van der Waals surface area contributed by atoms with Gasteiger partial charge in [0, 0.05) is 12.6 Å². The van der Waals surface area contributed by atoms with Crippen LogP contribution in [0, 0.1) is 11.6 Å². The normalized spacial score (nSPS) is 10.8. The molecule has 0 amide bonds. The van der Waals surface area contributed by atoms with Gasteiger partial charge in [-0.3, -0.25) is 4.68 Å². The van der Waals surface area contributed by atoms with E-state index in [0.29, 0.717) is 18.1 Å². The molecule has 0 saturated carbocycles. The van der Waals surface area contributed by atoms with Gasteiger partial charge in [0.2, 0.25) is 0 Å². The Labute approximate surface area is 121 Å². The number of anilines is 1. The van der Waals surface area contributed by atoms with Gasteiger partial charge < -0.3 is 5.32 Å². The summed E-state index contributed by atoms with van der Waals surface area (Å²) in [6.45, 7) is 4.96. The van der Waals surface area contributed by atoms with Gasteiger partial charge in [0.05, 0.1) is 28.6 Å². The largest absolute Gasteiger partial charge is 0.377 e. The fourth-order valence-electron chi connectivity index (χ4n) is 2.00. The second-order valence-electron chi connectivity index (χ2n) is 4.35. The van der Waals surface area contributed by atoms with Gasteiger partial charge in [-0.2, -0.15) is 5.10 Å². The van der Waals surface area contributed by atoms with Crippen LogP contribution >= 0.6 is 11.6 Å². The molecule has 0 aliphatic heterocycles. The van der Waals surface area contributed by atoms with Crippen molar-refractivity contribution in [3.8, 4) is 0 Å². The summed E-state index contributed by atoms with van der Waals surface area (Å²) in [5.74, 6) is -1.22. The summed E-state index contributed by atoms with van der Waals surface area (Å²) < 4.78 is 28.2. The third-order valence-corrected chi connectivity index (χ3v) is 3.51. The summed E-state index contributed by atoms with van der Waals surface area (Å²) in [6.07, 6.45) is 0.740. The van der Waals surface area contributed by atoms with Gasteiger partial charge >= 0.3 is 0 Å². The summed E-state index contributed by atoms with van der Waals surface area (Å²) in [5.41, 5.74) is 1.86. The summed E-state index contributed by atoms with van der Waals surface area (Å²) in [4.78, 5) is 0.